The second kappa shape index (κ2) is 8.83. The number of amides is 2. The van der Waals surface area contributed by atoms with Crippen molar-refractivity contribution >= 4 is 34.8 Å². The lowest BCUT2D eigenvalue weighted by Crippen LogP contribution is -3.11. The van der Waals surface area contributed by atoms with Gasteiger partial charge in [-0.15, -0.1) is 0 Å². The van der Waals surface area contributed by atoms with Crippen LogP contribution in [0.4, 0.5) is 11.4 Å². The molecular formula is C20H25ClN3O2+. The van der Waals surface area contributed by atoms with Gasteiger partial charge in [0.25, 0.3) is 11.8 Å². The maximum absolute atomic E-state index is 12.3. The third kappa shape index (κ3) is 5.31. The first-order valence-electron chi connectivity index (χ1n) is 8.50. The van der Waals surface area contributed by atoms with Crippen LogP contribution in [0.1, 0.15) is 16.7 Å². The van der Waals surface area contributed by atoms with Crippen molar-refractivity contribution in [3.63, 3.8) is 0 Å². The molecule has 1 atom stereocenters. The number of carbonyl (C=O) groups is 2. The number of hydrogen-bond donors (Lipinski definition) is 3. The van der Waals surface area contributed by atoms with Crippen LogP contribution in [0.25, 0.3) is 0 Å². The highest BCUT2D eigenvalue weighted by molar-refractivity contribution is 6.31. The van der Waals surface area contributed by atoms with Crippen LogP contribution in [0.3, 0.4) is 0 Å². The number of nitrogens with one attached hydrogen (secondary N) is 3. The topological polar surface area (TPSA) is 62.6 Å². The van der Waals surface area contributed by atoms with Gasteiger partial charge in [-0.1, -0.05) is 35.9 Å². The Morgan fingerprint density at radius 1 is 0.923 bits per heavy atom. The van der Waals surface area contributed by atoms with Gasteiger partial charge in [0, 0.05) is 16.4 Å². The minimum Gasteiger partial charge on any atom is -0.322 e. The first-order chi connectivity index (χ1) is 12.3. The van der Waals surface area contributed by atoms with Gasteiger partial charge in [-0.25, -0.2) is 0 Å². The summed E-state index contributed by atoms with van der Waals surface area (Å²) in [5.74, 6) is -0.278. The average Bonchev–Trinajstić information content (AvgIpc) is 2.55. The molecule has 6 heteroatoms. The number of hydrogen-bond acceptors (Lipinski definition) is 2. The van der Waals surface area contributed by atoms with Gasteiger partial charge in [0.2, 0.25) is 0 Å². The van der Waals surface area contributed by atoms with Crippen molar-refractivity contribution < 1.29 is 14.5 Å². The van der Waals surface area contributed by atoms with E-state index in [4.69, 9.17) is 11.6 Å². The van der Waals surface area contributed by atoms with Gasteiger partial charge in [0.05, 0.1) is 7.05 Å². The van der Waals surface area contributed by atoms with Crippen molar-refractivity contribution in [3.05, 3.63) is 58.1 Å². The number of benzene rings is 2. The average molecular weight is 375 g/mol. The molecule has 2 aromatic carbocycles. The normalized spacial score (nSPS) is 11.7. The fraction of sp³-hybridized carbons (Fsp3) is 0.300. The van der Waals surface area contributed by atoms with Gasteiger partial charge in [0.1, 0.15) is 0 Å². The summed E-state index contributed by atoms with van der Waals surface area (Å²) in [6, 6.07) is 11.3. The lowest BCUT2D eigenvalue weighted by molar-refractivity contribution is -0.862. The molecule has 0 spiro atoms. The molecule has 2 rings (SSSR count). The number of carbonyl (C=O) groups excluding carboxylic acids is 2. The van der Waals surface area contributed by atoms with Crippen molar-refractivity contribution in [1.82, 2.24) is 0 Å². The molecule has 2 amide bonds. The van der Waals surface area contributed by atoms with E-state index in [2.05, 4.69) is 10.6 Å². The zero-order valence-corrected chi connectivity index (χ0v) is 16.3. The van der Waals surface area contributed by atoms with E-state index in [1.165, 1.54) is 0 Å². The van der Waals surface area contributed by atoms with Gasteiger partial charge in [0.15, 0.2) is 13.1 Å². The lowest BCUT2D eigenvalue weighted by atomic mass is 10.1. The zero-order chi connectivity index (χ0) is 19.3. The molecule has 0 heterocycles. The Bertz CT molecular complexity index is 800. The Hall–Kier alpha value is -2.37. The number of para-hydroxylation sites is 1. The van der Waals surface area contributed by atoms with E-state index in [9.17, 15) is 9.59 Å². The van der Waals surface area contributed by atoms with Crippen LogP contribution >= 0.6 is 11.6 Å². The largest absolute Gasteiger partial charge is 0.322 e. The highest BCUT2D eigenvalue weighted by Crippen LogP contribution is 2.22. The van der Waals surface area contributed by atoms with E-state index in [0.717, 1.165) is 27.3 Å². The van der Waals surface area contributed by atoms with E-state index < -0.39 is 0 Å². The van der Waals surface area contributed by atoms with Gasteiger partial charge >= 0.3 is 0 Å². The second-order valence-electron chi connectivity index (χ2n) is 6.59. The van der Waals surface area contributed by atoms with Crippen LogP contribution in [0.2, 0.25) is 5.02 Å². The number of rotatable bonds is 6. The monoisotopic (exact) mass is 374 g/mol. The lowest BCUT2D eigenvalue weighted by Gasteiger charge is -2.16. The predicted octanol–water partition coefficient (Wildman–Crippen LogP) is 2.36. The van der Waals surface area contributed by atoms with E-state index in [-0.39, 0.29) is 24.9 Å². The fourth-order valence-electron chi connectivity index (χ4n) is 2.74. The Morgan fingerprint density at radius 2 is 1.46 bits per heavy atom. The zero-order valence-electron chi connectivity index (χ0n) is 15.6. The fourth-order valence-corrected chi connectivity index (χ4v) is 2.92. The molecule has 0 aliphatic carbocycles. The molecule has 2 aromatic rings. The van der Waals surface area contributed by atoms with Gasteiger partial charge in [-0.05, 0) is 49.6 Å². The van der Waals surface area contributed by atoms with E-state index >= 15 is 0 Å². The first-order valence-corrected chi connectivity index (χ1v) is 8.88. The van der Waals surface area contributed by atoms with Crippen LogP contribution in [-0.4, -0.2) is 32.0 Å². The quantitative estimate of drug-likeness (QED) is 0.726. The molecule has 0 aromatic heterocycles. The molecule has 0 aliphatic rings. The van der Waals surface area contributed by atoms with Crippen molar-refractivity contribution in [2.24, 2.45) is 0 Å². The summed E-state index contributed by atoms with van der Waals surface area (Å²) < 4.78 is 0. The molecule has 0 bridgehead atoms. The summed E-state index contributed by atoms with van der Waals surface area (Å²) in [4.78, 5) is 25.3. The van der Waals surface area contributed by atoms with E-state index in [1.807, 2.05) is 52.1 Å². The standard InChI is InChI=1S/C20H24ClN3O2/c1-13-7-5-8-14(2)20(13)23-19(26)12-24(4)11-18(25)22-17-10-6-9-16(21)15(17)3/h5-10H,11-12H2,1-4H3,(H,22,25)(H,23,26)/p+1. The Labute approximate surface area is 159 Å². The smallest absolute Gasteiger partial charge is 0.279 e. The van der Waals surface area contributed by atoms with Crippen LogP contribution in [0, 0.1) is 20.8 Å². The summed E-state index contributed by atoms with van der Waals surface area (Å²) in [6.07, 6.45) is 0. The van der Waals surface area contributed by atoms with Crippen molar-refractivity contribution in [2.75, 3.05) is 30.8 Å². The number of likely N-dealkylation sites (N-methyl/N-ethyl adjacent to an activating group) is 1. The molecular weight excluding hydrogens is 350 g/mol. The Morgan fingerprint density at radius 3 is 2.08 bits per heavy atom. The summed E-state index contributed by atoms with van der Waals surface area (Å²) >= 11 is 6.06. The van der Waals surface area contributed by atoms with Gasteiger partial charge < -0.3 is 15.5 Å². The summed E-state index contributed by atoms with van der Waals surface area (Å²) in [5, 5.41) is 6.40. The third-order valence-electron chi connectivity index (χ3n) is 4.21. The minimum atomic E-state index is -0.160. The van der Waals surface area contributed by atoms with Crippen LogP contribution in [0.5, 0.6) is 0 Å². The molecule has 0 aliphatic heterocycles. The molecule has 0 saturated carbocycles. The molecule has 0 radical (unpaired) electrons. The van der Waals surface area contributed by atoms with Crippen molar-refractivity contribution in [2.45, 2.75) is 20.8 Å². The molecule has 0 saturated heterocycles. The predicted molar refractivity (Wildman–Crippen MR) is 106 cm³/mol. The summed E-state index contributed by atoms with van der Waals surface area (Å²) in [5.41, 5.74) is 4.39. The second-order valence-corrected chi connectivity index (χ2v) is 6.99. The number of anilines is 2. The van der Waals surface area contributed by atoms with Gasteiger partial charge in [-0.3, -0.25) is 9.59 Å². The maximum atomic E-state index is 12.3. The van der Waals surface area contributed by atoms with E-state index in [1.54, 1.807) is 12.1 Å². The van der Waals surface area contributed by atoms with Gasteiger partial charge in [-0.2, -0.15) is 0 Å². The SMILES string of the molecule is Cc1cccc(C)c1NC(=O)C[NH+](C)CC(=O)Nc1cccc(Cl)c1C. The molecule has 5 nitrogen and oxygen atoms in total. The summed E-state index contributed by atoms with van der Waals surface area (Å²) in [7, 11) is 1.81. The highest BCUT2D eigenvalue weighted by atomic mass is 35.5. The maximum Gasteiger partial charge on any atom is 0.279 e. The number of halogens is 1. The van der Waals surface area contributed by atoms with Crippen molar-refractivity contribution in [1.29, 1.82) is 0 Å². The first kappa shape index (κ1) is 19.9. The highest BCUT2D eigenvalue weighted by Gasteiger charge is 2.16. The molecule has 0 fully saturated rings. The Balaban J connectivity index is 1.89. The molecule has 138 valence electrons. The number of aryl methyl sites for hydroxylation is 2. The number of quaternary nitrogens is 1. The molecule has 1 unspecified atom stereocenters. The van der Waals surface area contributed by atoms with Crippen molar-refractivity contribution in [3.8, 4) is 0 Å². The molecule has 26 heavy (non-hydrogen) atoms. The minimum absolute atomic E-state index is 0.119. The Kier molecular flexibility index (Phi) is 6.77. The van der Waals surface area contributed by atoms with Crippen LogP contribution in [-0.2, 0) is 9.59 Å². The third-order valence-corrected chi connectivity index (χ3v) is 4.62. The van der Waals surface area contributed by atoms with Crippen LogP contribution < -0.4 is 15.5 Å². The molecule has 3 N–H and O–H groups in total. The van der Waals surface area contributed by atoms with Crippen LogP contribution in [0.15, 0.2) is 36.4 Å². The summed E-state index contributed by atoms with van der Waals surface area (Å²) in [6.45, 7) is 6.16. The van der Waals surface area contributed by atoms with E-state index in [0.29, 0.717) is 10.7 Å².